The van der Waals surface area contributed by atoms with Gasteiger partial charge in [0.2, 0.25) is 0 Å². The molecule has 1 atom stereocenters. The van der Waals surface area contributed by atoms with E-state index in [1.165, 1.54) is 37.4 Å². The highest BCUT2D eigenvalue weighted by molar-refractivity contribution is 5.08. The zero-order valence-electron chi connectivity index (χ0n) is 12.9. The molecule has 0 amide bonds. The molecule has 0 radical (unpaired) electrons. The standard InChI is InChI=1S/C16H28N4/c1-12(2)19-7-5-13(6-8-19)9-15-11-20-10-14(17)3-4-16(20)18-15/h11-14H,3-10,17H2,1-2H3. The lowest BCUT2D eigenvalue weighted by Crippen LogP contribution is -2.38. The van der Waals surface area contributed by atoms with Gasteiger partial charge in [0.25, 0.3) is 0 Å². The van der Waals surface area contributed by atoms with Crippen molar-refractivity contribution in [3.63, 3.8) is 0 Å². The molecule has 4 heteroatoms. The largest absolute Gasteiger partial charge is 0.333 e. The first-order valence-electron chi connectivity index (χ1n) is 8.16. The first kappa shape index (κ1) is 14.1. The fourth-order valence-electron chi connectivity index (χ4n) is 3.60. The summed E-state index contributed by atoms with van der Waals surface area (Å²) in [5, 5.41) is 0. The molecule has 1 saturated heterocycles. The number of hydrogen-bond acceptors (Lipinski definition) is 3. The van der Waals surface area contributed by atoms with Crippen molar-refractivity contribution in [1.82, 2.24) is 14.5 Å². The Balaban J connectivity index is 1.57. The van der Waals surface area contributed by atoms with Crippen molar-refractivity contribution < 1.29 is 0 Å². The highest BCUT2D eigenvalue weighted by Crippen LogP contribution is 2.23. The van der Waals surface area contributed by atoms with Crippen molar-refractivity contribution in [1.29, 1.82) is 0 Å². The Hall–Kier alpha value is -0.870. The number of aromatic nitrogens is 2. The summed E-state index contributed by atoms with van der Waals surface area (Å²) in [6.07, 6.45) is 8.18. The van der Waals surface area contributed by atoms with Crippen LogP contribution in [0.15, 0.2) is 6.20 Å². The quantitative estimate of drug-likeness (QED) is 0.916. The van der Waals surface area contributed by atoms with Crippen molar-refractivity contribution in [2.24, 2.45) is 11.7 Å². The third-order valence-corrected chi connectivity index (χ3v) is 4.96. The Morgan fingerprint density at radius 2 is 2.05 bits per heavy atom. The number of hydrogen-bond donors (Lipinski definition) is 1. The molecule has 0 spiro atoms. The second kappa shape index (κ2) is 5.86. The van der Waals surface area contributed by atoms with Crippen LogP contribution in [0, 0.1) is 5.92 Å². The molecule has 4 nitrogen and oxygen atoms in total. The van der Waals surface area contributed by atoms with Crippen LogP contribution in [-0.4, -0.2) is 39.6 Å². The van der Waals surface area contributed by atoms with Gasteiger partial charge in [-0.05, 0) is 58.5 Å². The lowest BCUT2D eigenvalue weighted by Gasteiger charge is -2.34. The van der Waals surface area contributed by atoms with Crippen molar-refractivity contribution >= 4 is 0 Å². The first-order chi connectivity index (χ1) is 9.61. The van der Waals surface area contributed by atoms with Crippen molar-refractivity contribution in [3.05, 3.63) is 17.7 Å². The van der Waals surface area contributed by atoms with E-state index in [2.05, 4.69) is 29.5 Å². The van der Waals surface area contributed by atoms with Crippen LogP contribution in [0.5, 0.6) is 0 Å². The summed E-state index contributed by atoms with van der Waals surface area (Å²) in [5.41, 5.74) is 7.32. The van der Waals surface area contributed by atoms with E-state index in [-0.39, 0.29) is 0 Å². The molecule has 1 aromatic rings. The number of imidazole rings is 1. The van der Waals surface area contributed by atoms with Crippen LogP contribution in [-0.2, 0) is 19.4 Å². The van der Waals surface area contributed by atoms with Gasteiger partial charge in [-0.2, -0.15) is 0 Å². The lowest BCUT2D eigenvalue weighted by molar-refractivity contribution is 0.149. The summed E-state index contributed by atoms with van der Waals surface area (Å²) < 4.78 is 2.28. The van der Waals surface area contributed by atoms with Gasteiger partial charge in [-0.15, -0.1) is 0 Å². The van der Waals surface area contributed by atoms with Gasteiger partial charge in [0, 0.05) is 31.2 Å². The molecule has 3 heterocycles. The van der Waals surface area contributed by atoms with E-state index in [1.807, 2.05) is 0 Å². The number of piperidine rings is 1. The van der Waals surface area contributed by atoms with Gasteiger partial charge in [0.15, 0.2) is 0 Å². The van der Waals surface area contributed by atoms with Crippen molar-refractivity contribution in [2.75, 3.05) is 13.1 Å². The summed E-state index contributed by atoms with van der Waals surface area (Å²) in [5.74, 6) is 2.07. The molecule has 1 aromatic heterocycles. The molecule has 0 saturated carbocycles. The number of rotatable bonds is 3. The van der Waals surface area contributed by atoms with E-state index in [0.717, 1.165) is 31.7 Å². The fraction of sp³-hybridized carbons (Fsp3) is 0.812. The molecule has 1 unspecified atom stereocenters. The predicted molar refractivity (Wildman–Crippen MR) is 81.7 cm³/mol. The second-order valence-electron chi connectivity index (χ2n) is 6.88. The molecule has 0 bridgehead atoms. The van der Waals surface area contributed by atoms with Crippen LogP contribution >= 0.6 is 0 Å². The Morgan fingerprint density at radius 1 is 1.30 bits per heavy atom. The van der Waals surface area contributed by atoms with Crippen LogP contribution in [0.2, 0.25) is 0 Å². The highest BCUT2D eigenvalue weighted by atomic mass is 15.1. The van der Waals surface area contributed by atoms with Crippen LogP contribution < -0.4 is 5.73 Å². The van der Waals surface area contributed by atoms with Gasteiger partial charge in [-0.3, -0.25) is 0 Å². The zero-order valence-corrected chi connectivity index (χ0v) is 12.9. The number of nitrogens with two attached hydrogens (primary N) is 1. The van der Waals surface area contributed by atoms with Gasteiger partial charge in [0.05, 0.1) is 5.69 Å². The summed E-state index contributed by atoms with van der Waals surface area (Å²) in [6, 6.07) is 1.01. The zero-order chi connectivity index (χ0) is 14.1. The van der Waals surface area contributed by atoms with Crippen molar-refractivity contribution in [3.8, 4) is 0 Å². The van der Waals surface area contributed by atoms with Crippen LogP contribution in [0.3, 0.4) is 0 Å². The number of nitrogens with zero attached hydrogens (tertiary/aromatic N) is 3. The molecule has 2 N–H and O–H groups in total. The first-order valence-corrected chi connectivity index (χ1v) is 8.16. The van der Waals surface area contributed by atoms with E-state index >= 15 is 0 Å². The minimum Gasteiger partial charge on any atom is -0.333 e. The summed E-state index contributed by atoms with van der Waals surface area (Å²) >= 11 is 0. The molecule has 0 aromatic carbocycles. The Kier molecular flexibility index (Phi) is 4.13. The van der Waals surface area contributed by atoms with Gasteiger partial charge < -0.3 is 15.2 Å². The van der Waals surface area contributed by atoms with Gasteiger partial charge in [-0.25, -0.2) is 4.98 Å². The monoisotopic (exact) mass is 276 g/mol. The smallest absolute Gasteiger partial charge is 0.109 e. The summed E-state index contributed by atoms with van der Waals surface area (Å²) in [4.78, 5) is 7.42. The van der Waals surface area contributed by atoms with Crippen LogP contribution in [0.1, 0.15) is 44.6 Å². The van der Waals surface area contributed by atoms with Gasteiger partial charge >= 0.3 is 0 Å². The Bertz CT molecular complexity index is 443. The summed E-state index contributed by atoms with van der Waals surface area (Å²) in [7, 11) is 0. The van der Waals surface area contributed by atoms with E-state index in [4.69, 9.17) is 10.7 Å². The molecular formula is C16H28N4. The van der Waals surface area contributed by atoms with Crippen LogP contribution in [0.4, 0.5) is 0 Å². The highest BCUT2D eigenvalue weighted by Gasteiger charge is 2.23. The normalized spacial score (nSPS) is 25.1. The maximum absolute atomic E-state index is 6.03. The molecule has 0 aliphatic carbocycles. The topological polar surface area (TPSA) is 47.1 Å². The van der Waals surface area contributed by atoms with Crippen molar-refractivity contribution in [2.45, 2.75) is 64.6 Å². The molecular weight excluding hydrogens is 248 g/mol. The average Bonchev–Trinajstić information content (AvgIpc) is 2.80. The Labute approximate surface area is 122 Å². The van der Waals surface area contributed by atoms with E-state index in [9.17, 15) is 0 Å². The molecule has 3 rings (SSSR count). The number of aryl methyl sites for hydroxylation is 1. The number of likely N-dealkylation sites (tertiary alicyclic amines) is 1. The molecule has 1 fully saturated rings. The molecule has 112 valence electrons. The average molecular weight is 276 g/mol. The fourth-order valence-corrected chi connectivity index (χ4v) is 3.60. The third kappa shape index (κ3) is 3.07. The third-order valence-electron chi connectivity index (χ3n) is 4.96. The van der Waals surface area contributed by atoms with Gasteiger partial charge in [-0.1, -0.05) is 0 Å². The second-order valence-corrected chi connectivity index (χ2v) is 6.88. The Morgan fingerprint density at radius 3 is 2.75 bits per heavy atom. The predicted octanol–water partition coefficient (Wildman–Crippen LogP) is 1.82. The SMILES string of the molecule is CC(C)N1CCC(Cc2cn3c(n2)CCC(N)C3)CC1. The number of fused-ring (bicyclic) bond motifs is 1. The molecule has 2 aliphatic rings. The van der Waals surface area contributed by atoms with Crippen LogP contribution in [0.25, 0.3) is 0 Å². The maximum Gasteiger partial charge on any atom is 0.109 e. The van der Waals surface area contributed by atoms with E-state index < -0.39 is 0 Å². The molecule has 20 heavy (non-hydrogen) atoms. The van der Waals surface area contributed by atoms with Gasteiger partial charge in [0.1, 0.15) is 5.82 Å². The maximum atomic E-state index is 6.03. The van der Waals surface area contributed by atoms with E-state index in [0.29, 0.717) is 12.1 Å². The molecule has 2 aliphatic heterocycles. The summed E-state index contributed by atoms with van der Waals surface area (Å²) in [6.45, 7) is 8.05. The minimum atomic E-state index is 0.318. The minimum absolute atomic E-state index is 0.318. The van der Waals surface area contributed by atoms with E-state index in [1.54, 1.807) is 0 Å². The lowest BCUT2D eigenvalue weighted by atomic mass is 9.92.